The Balaban J connectivity index is 2.78. The standard InChI is InChI=1S/C11H17N3O2/c1-3-8(7-12)14-9-4-5-13-10(6-9)11(15)16-2/h4-6,8H,3,7,12H2,1-2H3,(H,13,14). The highest BCUT2D eigenvalue weighted by atomic mass is 16.5. The Morgan fingerprint density at radius 1 is 1.69 bits per heavy atom. The molecular formula is C11H17N3O2. The highest BCUT2D eigenvalue weighted by molar-refractivity contribution is 5.88. The van der Waals surface area contributed by atoms with Gasteiger partial charge in [0.15, 0.2) is 0 Å². The molecule has 1 aromatic heterocycles. The van der Waals surface area contributed by atoms with E-state index in [0.29, 0.717) is 12.2 Å². The van der Waals surface area contributed by atoms with Gasteiger partial charge in [-0.2, -0.15) is 0 Å². The molecule has 1 aromatic rings. The fourth-order valence-corrected chi connectivity index (χ4v) is 1.30. The molecule has 0 amide bonds. The summed E-state index contributed by atoms with van der Waals surface area (Å²) in [6.07, 6.45) is 2.49. The minimum Gasteiger partial charge on any atom is -0.464 e. The number of hydrogen-bond donors (Lipinski definition) is 2. The van der Waals surface area contributed by atoms with Crippen LogP contribution < -0.4 is 11.1 Å². The Morgan fingerprint density at radius 2 is 2.44 bits per heavy atom. The van der Waals surface area contributed by atoms with Crippen molar-refractivity contribution < 1.29 is 9.53 Å². The van der Waals surface area contributed by atoms with E-state index in [4.69, 9.17) is 5.73 Å². The maximum atomic E-state index is 11.3. The zero-order chi connectivity index (χ0) is 12.0. The van der Waals surface area contributed by atoms with E-state index in [0.717, 1.165) is 12.1 Å². The van der Waals surface area contributed by atoms with Crippen LogP contribution >= 0.6 is 0 Å². The van der Waals surface area contributed by atoms with E-state index in [-0.39, 0.29) is 6.04 Å². The lowest BCUT2D eigenvalue weighted by Crippen LogP contribution is -2.28. The summed E-state index contributed by atoms with van der Waals surface area (Å²) in [5.74, 6) is -0.440. The molecule has 5 nitrogen and oxygen atoms in total. The van der Waals surface area contributed by atoms with Gasteiger partial charge in [-0.05, 0) is 18.6 Å². The zero-order valence-corrected chi connectivity index (χ0v) is 9.56. The Bertz CT molecular complexity index is 351. The van der Waals surface area contributed by atoms with Crippen LogP contribution in [0, 0.1) is 0 Å². The molecule has 0 saturated carbocycles. The van der Waals surface area contributed by atoms with Gasteiger partial charge in [0.25, 0.3) is 0 Å². The van der Waals surface area contributed by atoms with Crippen LogP contribution in [0.3, 0.4) is 0 Å². The van der Waals surface area contributed by atoms with Crippen LogP contribution in [-0.2, 0) is 4.74 Å². The van der Waals surface area contributed by atoms with Crippen molar-refractivity contribution in [2.75, 3.05) is 19.0 Å². The van der Waals surface area contributed by atoms with E-state index in [1.807, 2.05) is 6.92 Å². The number of nitrogens with zero attached hydrogens (tertiary/aromatic N) is 1. The van der Waals surface area contributed by atoms with Crippen molar-refractivity contribution in [2.24, 2.45) is 5.73 Å². The Hall–Kier alpha value is -1.62. The van der Waals surface area contributed by atoms with Crippen LogP contribution in [0.15, 0.2) is 18.3 Å². The normalized spacial score (nSPS) is 11.9. The number of nitrogens with two attached hydrogens (primary N) is 1. The second kappa shape index (κ2) is 6.07. The monoisotopic (exact) mass is 223 g/mol. The molecule has 1 unspecified atom stereocenters. The van der Waals surface area contributed by atoms with Gasteiger partial charge >= 0.3 is 5.97 Å². The second-order valence-corrected chi connectivity index (χ2v) is 3.41. The number of esters is 1. The highest BCUT2D eigenvalue weighted by Gasteiger charge is 2.09. The third kappa shape index (κ3) is 3.20. The molecule has 0 aliphatic carbocycles. The molecule has 3 N–H and O–H groups in total. The molecule has 1 rings (SSSR count). The predicted molar refractivity (Wildman–Crippen MR) is 62.3 cm³/mol. The van der Waals surface area contributed by atoms with E-state index in [2.05, 4.69) is 15.0 Å². The molecule has 1 heterocycles. The number of ether oxygens (including phenoxy) is 1. The molecule has 0 radical (unpaired) electrons. The van der Waals surface area contributed by atoms with Crippen LogP contribution in [0.5, 0.6) is 0 Å². The number of pyridine rings is 1. The topological polar surface area (TPSA) is 77.2 Å². The largest absolute Gasteiger partial charge is 0.464 e. The van der Waals surface area contributed by atoms with E-state index >= 15 is 0 Å². The third-order valence-electron chi connectivity index (χ3n) is 2.30. The molecule has 16 heavy (non-hydrogen) atoms. The Labute approximate surface area is 95.0 Å². The second-order valence-electron chi connectivity index (χ2n) is 3.41. The molecule has 1 atom stereocenters. The van der Waals surface area contributed by atoms with Crippen LogP contribution in [0.25, 0.3) is 0 Å². The summed E-state index contributed by atoms with van der Waals surface area (Å²) in [6.45, 7) is 2.60. The molecular weight excluding hydrogens is 206 g/mol. The molecule has 0 bridgehead atoms. The van der Waals surface area contributed by atoms with Crippen LogP contribution in [0.1, 0.15) is 23.8 Å². The molecule has 88 valence electrons. The first-order valence-electron chi connectivity index (χ1n) is 5.22. The van der Waals surface area contributed by atoms with Crippen molar-refractivity contribution in [2.45, 2.75) is 19.4 Å². The van der Waals surface area contributed by atoms with Crippen LogP contribution in [0.4, 0.5) is 5.69 Å². The van der Waals surface area contributed by atoms with Gasteiger partial charge < -0.3 is 15.8 Å². The maximum Gasteiger partial charge on any atom is 0.356 e. The first kappa shape index (κ1) is 12.4. The highest BCUT2D eigenvalue weighted by Crippen LogP contribution is 2.11. The minimum absolute atomic E-state index is 0.202. The zero-order valence-electron chi connectivity index (χ0n) is 9.56. The summed E-state index contributed by atoms with van der Waals surface area (Å²) >= 11 is 0. The Morgan fingerprint density at radius 3 is 3.00 bits per heavy atom. The average Bonchev–Trinajstić information content (AvgIpc) is 2.35. The number of anilines is 1. The number of hydrogen-bond acceptors (Lipinski definition) is 5. The summed E-state index contributed by atoms with van der Waals surface area (Å²) in [5, 5.41) is 3.22. The van der Waals surface area contributed by atoms with E-state index in [1.165, 1.54) is 7.11 Å². The minimum atomic E-state index is -0.440. The summed E-state index contributed by atoms with van der Waals surface area (Å²) in [6, 6.07) is 3.66. The summed E-state index contributed by atoms with van der Waals surface area (Å²) in [5.41, 5.74) is 6.70. The van der Waals surface area contributed by atoms with E-state index in [1.54, 1.807) is 18.3 Å². The van der Waals surface area contributed by atoms with Gasteiger partial charge in [0, 0.05) is 24.5 Å². The summed E-state index contributed by atoms with van der Waals surface area (Å²) < 4.78 is 4.59. The average molecular weight is 223 g/mol. The fraction of sp³-hybridized carbons (Fsp3) is 0.455. The van der Waals surface area contributed by atoms with Crippen LogP contribution in [-0.4, -0.2) is 30.6 Å². The first-order chi connectivity index (χ1) is 7.71. The third-order valence-corrected chi connectivity index (χ3v) is 2.30. The fourth-order valence-electron chi connectivity index (χ4n) is 1.30. The number of carbonyl (C=O) groups excluding carboxylic acids is 1. The van der Waals surface area contributed by atoms with Crippen molar-refractivity contribution >= 4 is 11.7 Å². The van der Waals surface area contributed by atoms with Crippen molar-refractivity contribution in [1.29, 1.82) is 0 Å². The molecule has 0 aliphatic rings. The van der Waals surface area contributed by atoms with E-state index in [9.17, 15) is 4.79 Å². The molecule has 0 spiro atoms. The quantitative estimate of drug-likeness (QED) is 0.729. The molecule has 0 aliphatic heterocycles. The van der Waals surface area contributed by atoms with Crippen molar-refractivity contribution in [1.82, 2.24) is 4.98 Å². The molecule has 0 aromatic carbocycles. The molecule has 0 saturated heterocycles. The lowest BCUT2D eigenvalue weighted by atomic mass is 10.2. The lowest BCUT2D eigenvalue weighted by molar-refractivity contribution is 0.0594. The van der Waals surface area contributed by atoms with Crippen molar-refractivity contribution in [3.05, 3.63) is 24.0 Å². The van der Waals surface area contributed by atoms with E-state index < -0.39 is 5.97 Å². The molecule has 5 heteroatoms. The van der Waals surface area contributed by atoms with Crippen molar-refractivity contribution in [3.63, 3.8) is 0 Å². The SMILES string of the molecule is CCC(CN)Nc1ccnc(C(=O)OC)c1. The predicted octanol–water partition coefficient (Wildman–Crippen LogP) is 1.02. The summed E-state index contributed by atoms with van der Waals surface area (Å²) in [7, 11) is 1.33. The maximum absolute atomic E-state index is 11.3. The number of rotatable bonds is 5. The first-order valence-corrected chi connectivity index (χ1v) is 5.22. The number of carbonyl (C=O) groups is 1. The van der Waals surface area contributed by atoms with Gasteiger partial charge in [0.05, 0.1) is 7.11 Å². The van der Waals surface area contributed by atoms with Gasteiger partial charge in [-0.15, -0.1) is 0 Å². The van der Waals surface area contributed by atoms with Gasteiger partial charge in [-0.3, -0.25) is 0 Å². The van der Waals surface area contributed by atoms with Crippen LogP contribution in [0.2, 0.25) is 0 Å². The van der Waals surface area contributed by atoms with Gasteiger partial charge in [-0.1, -0.05) is 6.92 Å². The van der Waals surface area contributed by atoms with Gasteiger partial charge in [0.1, 0.15) is 5.69 Å². The summed E-state index contributed by atoms with van der Waals surface area (Å²) in [4.78, 5) is 15.2. The molecule has 0 fully saturated rings. The number of aromatic nitrogens is 1. The lowest BCUT2D eigenvalue weighted by Gasteiger charge is -2.16. The van der Waals surface area contributed by atoms with Crippen molar-refractivity contribution in [3.8, 4) is 0 Å². The number of nitrogens with one attached hydrogen (secondary N) is 1. The smallest absolute Gasteiger partial charge is 0.356 e. The Kier molecular flexibility index (Phi) is 4.72. The van der Waals surface area contributed by atoms with Gasteiger partial charge in [-0.25, -0.2) is 9.78 Å². The van der Waals surface area contributed by atoms with Gasteiger partial charge in [0.2, 0.25) is 0 Å². The number of methoxy groups -OCH3 is 1.